The molecule has 0 saturated heterocycles. The Bertz CT molecular complexity index is 315. The van der Waals surface area contributed by atoms with Crippen molar-refractivity contribution in [2.75, 3.05) is 0 Å². The second-order valence-corrected chi connectivity index (χ2v) is 5.41. The largest absolute Gasteiger partial charge is 0.233 e. The molecule has 2 bridgehead atoms. The van der Waals surface area contributed by atoms with Gasteiger partial charge < -0.3 is 0 Å². The van der Waals surface area contributed by atoms with Gasteiger partial charge in [0.1, 0.15) is 5.71 Å². The van der Waals surface area contributed by atoms with E-state index in [2.05, 4.69) is 25.9 Å². The molecule has 0 radical (unpaired) electrons. The minimum Gasteiger partial charge on any atom is -0.233 e. The molecule has 4 heteroatoms. The summed E-state index contributed by atoms with van der Waals surface area (Å²) >= 11 is 0. The van der Waals surface area contributed by atoms with E-state index in [1.807, 2.05) is 0 Å². The summed E-state index contributed by atoms with van der Waals surface area (Å²) in [7, 11) is 0. The van der Waals surface area contributed by atoms with Crippen molar-refractivity contribution in [2.24, 2.45) is 21.8 Å². The Balaban J connectivity index is 2.44. The molecule has 0 aromatic rings. The Labute approximate surface area is 83.5 Å². The first kappa shape index (κ1) is 9.62. The van der Waals surface area contributed by atoms with E-state index in [0.29, 0.717) is 5.92 Å². The lowest BCUT2D eigenvalue weighted by Crippen LogP contribution is -2.36. The SMILES string of the molecule is CC1(C)/C(=N\[N+](=O)[O-])[C@]2(C)CC[C@H]1C2. The van der Waals surface area contributed by atoms with Crippen LogP contribution in [-0.4, -0.2) is 10.7 Å². The fraction of sp³-hybridized carbons (Fsp3) is 0.900. The molecule has 78 valence electrons. The monoisotopic (exact) mass is 196 g/mol. The number of nitro groups is 1. The Morgan fingerprint density at radius 2 is 2.14 bits per heavy atom. The highest BCUT2D eigenvalue weighted by Crippen LogP contribution is 2.60. The second kappa shape index (κ2) is 2.55. The summed E-state index contributed by atoms with van der Waals surface area (Å²) in [4.78, 5) is 10.5. The molecule has 2 rings (SSSR count). The van der Waals surface area contributed by atoms with E-state index in [1.165, 1.54) is 6.42 Å². The Morgan fingerprint density at radius 3 is 2.57 bits per heavy atom. The van der Waals surface area contributed by atoms with Crippen LogP contribution in [-0.2, 0) is 0 Å². The van der Waals surface area contributed by atoms with Gasteiger partial charge in [0.25, 0.3) is 0 Å². The summed E-state index contributed by atoms with van der Waals surface area (Å²) in [5.41, 5.74) is 0.743. The maximum absolute atomic E-state index is 10.5. The summed E-state index contributed by atoms with van der Waals surface area (Å²) in [6.45, 7) is 6.29. The molecule has 2 atom stereocenters. The van der Waals surface area contributed by atoms with Gasteiger partial charge in [0, 0.05) is 10.8 Å². The van der Waals surface area contributed by atoms with Gasteiger partial charge in [0.05, 0.1) is 5.10 Å². The quantitative estimate of drug-likeness (QED) is 0.478. The zero-order valence-electron chi connectivity index (χ0n) is 8.91. The summed E-state index contributed by atoms with van der Waals surface area (Å²) < 4.78 is 0. The normalized spacial score (nSPS) is 41.9. The standard InChI is InChI=1S/C10H16N2O2/c1-9(2)7-4-5-10(3,6-7)8(9)11-12(13)14/h7H,4-6H2,1-3H3/b11-8+/t7-,10+/m0/s1. The Kier molecular flexibility index (Phi) is 1.75. The highest BCUT2D eigenvalue weighted by atomic mass is 16.7. The molecule has 0 spiro atoms. The van der Waals surface area contributed by atoms with Gasteiger partial charge in [-0.05, 0) is 25.2 Å². The average molecular weight is 196 g/mol. The highest BCUT2D eigenvalue weighted by Gasteiger charge is 2.58. The predicted octanol–water partition coefficient (Wildman–Crippen LogP) is 2.47. The van der Waals surface area contributed by atoms with Gasteiger partial charge in [-0.1, -0.05) is 20.8 Å². The van der Waals surface area contributed by atoms with Gasteiger partial charge >= 0.3 is 0 Å². The van der Waals surface area contributed by atoms with Crippen LogP contribution in [0.5, 0.6) is 0 Å². The summed E-state index contributed by atoms with van der Waals surface area (Å²) in [6, 6.07) is 0. The molecule has 2 saturated carbocycles. The first-order valence-electron chi connectivity index (χ1n) is 5.10. The topological polar surface area (TPSA) is 55.5 Å². The van der Waals surface area contributed by atoms with Crippen molar-refractivity contribution >= 4 is 5.71 Å². The number of hydrogen-bond donors (Lipinski definition) is 0. The van der Waals surface area contributed by atoms with Crippen molar-refractivity contribution < 1.29 is 5.03 Å². The molecule has 14 heavy (non-hydrogen) atoms. The van der Waals surface area contributed by atoms with Crippen molar-refractivity contribution in [3.63, 3.8) is 0 Å². The van der Waals surface area contributed by atoms with Crippen molar-refractivity contribution in [1.29, 1.82) is 0 Å². The molecule has 2 aliphatic rings. The first-order chi connectivity index (χ1) is 6.36. The number of hydrogen-bond acceptors (Lipinski definition) is 2. The summed E-state index contributed by atoms with van der Waals surface area (Å²) in [6.07, 6.45) is 3.33. The predicted molar refractivity (Wildman–Crippen MR) is 53.7 cm³/mol. The molecule has 0 aromatic carbocycles. The molecule has 0 amide bonds. The molecular weight excluding hydrogens is 180 g/mol. The van der Waals surface area contributed by atoms with Crippen LogP contribution in [0.1, 0.15) is 40.0 Å². The smallest absolute Gasteiger partial charge is 0.190 e. The van der Waals surface area contributed by atoms with Crippen LogP contribution < -0.4 is 0 Å². The second-order valence-electron chi connectivity index (χ2n) is 5.41. The van der Waals surface area contributed by atoms with Gasteiger partial charge in [-0.15, -0.1) is 0 Å². The van der Waals surface area contributed by atoms with Gasteiger partial charge in [0.2, 0.25) is 0 Å². The van der Waals surface area contributed by atoms with Crippen LogP contribution in [0.2, 0.25) is 0 Å². The molecule has 2 aliphatic carbocycles. The van der Waals surface area contributed by atoms with Crippen molar-refractivity contribution in [2.45, 2.75) is 40.0 Å². The third-order valence-electron chi connectivity index (χ3n) is 4.13. The van der Waals surface area contributed by atoms with Crippen molar-refractivity contribution in [3.05, 3.63) is 10.1 Å². The first-order valence-corrected chi connectivity index (χ1v) is 5.10. The lowest BCUT2D eigenvalue weighted by atomic mass is 9.71. The molecule has 0 unspecified atom stereocenters. The average Bonchev–Trinajstić information content (AvgIpc) is 2.49. The maximum Gasteiger partial charge on any atom is 0.190 e. The van der Waals surface area contributed by atoms with Gasteiger partial charge in [-0.2, -0.15) is 0 Å². The van der Waals surface area contributed by atoms with Crippen molar-refractivity contribution in [1.82, 2.24) is 0 Å². The van der Waals surface area contributed by atoms with E-state index < -0.39 is 5.03 Å². The third kappa shape index (κ3) is 1.09. The third-order valence-corrected chi connectivity index (χ3v) is 4.13. The van der Waals surface area contributed by atoms with E-state index in [1.54, 1.807) is 0 Å². The number of rotatable bonds is 1. The van der Waals surface area contributed by atoms with E-state index in [4.69, 9.17) is 0 Å². The maximum atomic E-state index is 10.5. The van der Waals surface area contributed by atoms with E-state index in [0.717, 1.165) is 18.6 Å². The number of fused-ring (bicyclic) bond motifs is 2. The number of hydrazone groups is 1. The minimum atomic E-state index is -0.539. The molecule has 0 heterocycles. The van der Waals surface area contributed by atoms with E-state index >= 15 is 0 Å². The highest BCUT2D eigenvalue weighted by molar-refractivity contribution is 5.97. The van der Waals surface area contributed by atoms with Crippen LogP contribution in [0.25, 0.3) is 0 Å². The molecule has 0 aliphatic heterocycles. The molecule has 0 N–H and O–H groups in total. The van der Waals surface area contributed by atoms with Crippen LogP contribution in [0.15, 0.2) is 5.10 Å². The van der Waals surface area contributed by atoms with Gasteiger partial charge in [-0.25, -0.2) is 10.1 Å². The lowest BCUT2D eigenvalue weighted by Gasteiger charge is -2.32. The fourth-order valence-corrected chi connectivity index (χ4v) is 3.37. The van der Waals surface area contributed by atoms with Gasteiger partial charge in [-0.3, -0.25) is 0 Å². The molecule has 0 aromatic heterocycles. The Hall–Kier alpha value is -0.930. The summed E-state index contributed by atoms with van der Waals surface area (Å²) in [5, 5.41) is 13.6. The van der Waals surface area contributed by atoms with E-state index in [9.17, 15) is 10.1 Å². The summed E-state index contributed by atoms with van der Waals surface area (Å²) in [5.74, 6) is 0.589. The zero-order valence-corrected chi connectivity index (χ0v) is 8.91. The van der Waals surface area contributed by atoms with Crippen molar-refractivity contribution in [3.8, 4) is 0 Å². The lowest BCUT2D eigenvalue weighted by molar-refractivity contribution is -0.485. The molecular formula is C10H16N2O2. The van der Waals surface area contributed by atoms with E-state index in [-0.39, 0.29) is 10.8 Å². The van der Waals surface area contributed by atoms with Gasteiger partial charge in [0.15, 0.2) is 5.03 Å². The Morgan fingerprint density at radius 1 is 1.50 bits per heavy atom. The van der Waals surface area contributed by atoms with Crippen LogP contribution >= 0.6 is 0 Å². The van der Waals surface area contributed by atoms with Crippen LogP contribution in [0, 0.1) is 26.9 Å². The molecule has 4 nitrogen and oxygen atoms in total. The zero-order chi connectivity index (χ0) is 10.6. The minimum absolute atomic E-state index is 0.00123. The fourth-order valence-electron chi connectivity index (χ4n) is 3.37. The van der Waals surface area contributed by atoms with Crippen LogP contribution in [0.3, 0.4) is 0 Å². The number of nitrogens with zero attached hydrogens (tertiary/aromatic N) is 2. The van der Waals surface area contributed by atoms with Crippen LogP contribution in [0.4, 0.5) is 0 Å². The molecule has 2 fully saturated rings.